The van der Waals surface area contributed by atoms with Gasteiger partial charge in [-0.15, -0.1) is 0 Å². The third-order valence-electron chi connectivity index (χ3n) is 4.36. The van der Waals surface area contributed by atoms with Crippen LogP contribution < -0.4 is 4.90 Å². The van der Waals surface area contributed by atoms with Gasteiger partial charge >= 0.3 is 0 Å². The van der Waals surface area contributed by atoms with Crippen LogP contribution in [0.1, 0.15) is 6.42 Å². The van der Waals surface area contributed by atoms with Crippen LogP contribution >= 0.6 is 0 Å². The number of likely N-dealkylation sites (N-methyl/N-ethyl adjacent to an activating group) is 1. The van der Waals surface area contributed by atoms with E-state index < -0.39 is 0 Å². The molecule has 0 aliphatic carbocycles. The first-order valence-electron chi connectivity index (χ1n) is 7.48. The first-order chi connectivity index (χ1) is 10.1. The minimum Gasteiger partial charge on any atom is -0.340 e. The summed E-state index contributed by atoms with van der Waals surface area (Å²) in [4.78, 5) is 30.6. The Morgan fingerprint density at radius 3 is 2.43 bits per heavy atom. The molecule has 2 fully saturated rings. The van der Waals surface area contributed by atoms with Crippen LogP contribution in [0.25, 0.3) is 0 Å². The minimum absolute atomic E-state index is 0.0497. The molecule has 1 unspecified atom stereocenters. The average molecular weight is 287 g/mol. The summed E-state index contributed by atoms with van der Waals surface area (Å²) >= 11 is 0. The lowest BCUT2D eigenvalue weighted by Gasteiger charge is -2.33. The second-order valence-corrected chi connectivity index (χ2v) is 5.87. The van der Waals surface area contributed by atoms with Crippen molar-refractivity contribution >= 4 is 17.5 Å². The van der Waals surface area contributed by atoms with Crippen molar-refractivity contribution in [1.29, 1.82) is 0 Å². The van der Waals surface area contributed by atoms with Gasteiger partial charge in [0.05, 0.1) is 5.92 Å². The van der Waals surface area contributed by atoms with E-state index in [1.165, 1.54) is 0 Å². The quantitative estimate of drug-likeness (QED) is 0.808. The van der Waals surface area contributed by atoms with Gasteiger partial charge in [-0.3, -0.25) is 9.59 Å². The van der Waals surface area contributed by atoms with Crippen molar-refractivity contribution in [2.45, 2.75) is 6.42 Å². The van der Waals surface area contributed by atoms with Crippen molar-refractivity contribution in [3.63, 3.8) is 0 Å². The SMILES string of the molecule is CN1CCN(C(=O)C2CC(=O)N(c3ccccc3)C2)CC1. The largest absolute Gasteiger partial charge is 0.340 e. The molecule has 0 bridgehead atoms. The number of hydrogen-bond donors (Lipinski definition) is 0. The van der Waals surface area contributed by atoms with Crippen molar-refractivity contribution in [3.05, 3.63) is 30.3 Å². The van der Waals surface area contributed by atoms with Gasteiger partial charge in [0.25, 0.3) is 0 Å². The maximum Gasteiger partial charge on any atom is 0.228 e. The van der Waals surface area contributed by atoms with Gasteiger partial charge in [0, 0.05) is 44.8 Å². The molecule has 2 aliphatic heterocycles. The van der Waals surface area contributed by atoms with Gasteiger partial charge in [-0.05, 0) is 19.2 Å². The number of anilines is 1. The van der Waals surface area contributed by atoms with E-state index in [9.17, 15) is 9.59 Å². The Morgan fingerprint density at radius 1 is 1.10 bits per heavy atom. The number of benzene rings is 1. The fourth-order valence-corrected chi connectivity index (χ4v) is 3.02. The van der Waals surface area contributed by atoms with E-state index in [1.807, 2.05) is 35.2 Å². The highest BCUT2D eigenvalue weighted by Crippen LogP contribution is 2.26. The van der Waals surface area contributed by atoms with E-state index >= 15 is 0 Å². The number of para-hydroxylation sites is 1. The fourth-order valence-electron chi connectivity index (χ4n) is 3.02. The standard InChI is InChI=1S/C16H21N3O2/c1-17-7-9-18(10-8-17)16(21)13-11-15(20)19(12-13)14-5-3-2-4-6-14/h2-6,13H,7-12H2,1H3. The normalized spacial score (nSPS) is 23.7. The molecule has 0 N–H and O–H groups in total. The molecule has 5 nitrogen and oxygen atoms in total. The molecule has 3 rings (SSSR count). The summed E-state index contributed by atoms with van der Waals surface area (Å²) in [5.41, 5.74) is 0.885. The lowest BCUT2D eigenvalue weighted by Crippen LogP contribution is -2.49. The van der Waals surface area contributed by atoms with Crippen LogP contribution in [-0.4, -0.2) is 61.4 Å². The van der Waals surface area contributed by atoms with E-state index in [1.54, 1.807) is 4.90 Å². The van der Waals surface area contributed by atoms with E-state index in [0.29, 0.717) is 13.0 Å². The predicted molar refractivity (Wildman–Crippen MR) is 81.0 cm³/mol. The van der Waals surface area contributed by atoms with Gasteiger partial charge in [0.1, 0.15) is 0 Å². The highest BCUT2D eigenvalue weighted by molar-refractivity contribution is 6.00. The van der Waals surface area contributed by atoms with Gasteiger partial charge in [0.2, 0.25) is 11.8 Å². The smallest absolute Gasteiger partial charge is 0.228 e. The summed E-state index contributed by atoms with van der Waals surface area (Å²) in [6.07, 6.45) is 0.333. The molecular weight excluding hydrogens is 266 g/mol. The molecular formula is C16H21N3O2. The lowest BCUT2D eigenvalue weighted by molar-refractivity contribution is -0.137. The Bertz CT molecular complexity index is 524. The number of carbonyl (C=O) groups excluding carboxylic acids is 2. The third-order valence-corrected chi connectivity index (χ3v) is 4.36. The van der Waals surface area contributed by atoms with Crippen LogP contribution in [0.15, 0.2) is 30.3 Å². The maximum atomic E-state index is 12.6. The topological polar surface area (TPSA) is 43.9 Å². The molecule has 0 radical (unpaired) electrons. The Morgan fingerprint density at radius 2 is 1.76 bits per heavy atom. The van der Waals surface area contributed by atoms with Crippen LogP contribution in [0, 0.1) is 5.92 Å². The molecule has 5 heteroatoms. The number of piperazine rings is 1. The molecule has 21 heavy (non-hydrogen) atoms. The van der Waals surface area contributed by atoms with Crippen molar-refractivity contribution in [2.24, 2.45) is 5.92 Å². The van der Waals surface area contributed by atoms with Gasteiger partial charge in [0.15, 0.2) is 0 Å². The number of rotatable bonds is 2. The molecule has 1 aromatic rings. The summed E-state index contributed by atoms with van der Waals surface area (Å²) in [7, 11) is 2.07. The Balaban J connectivity index is 1.66. The zero-order valence-corrected chi connectivity index (χ0v) is 12.4. The molecule has 0 spiro atoms. The first-order valence-corrected chi connectivity index (χ1v) is 7.48. The second kappa shape index (κ2) is 5.85. The zero-order valence-electron chi connectivity index (χ0n) is 12.4. The van der Waals surface area contributed by atoms with E-state index in [2.05, 4.69) is 11.9 Å². The van der Waals surface area contributed by atoms with E-state index in [4.69, 9.17) is 0 Å². The molecule has 0 aromatic heterocycles. The first kappa shape index (κ1) is 14.1. The molecule has 0 saturated carbocycles. The molecule has 2 amide bonds. The zero-order chi connectivity index (χ0) is 14.8. The predicted octanol–water partition coefficient (Wildman–Crippen LogP) is 0.813. The van der Waals surface area contributed by atoms with Crippen LogP contribution in [0.5, 0.6) is 0 Å². The summed E-state index contributed by atoms with van der Waals surface area (Å²) in [5, 5.41) is 0. The van der Waals surface area contributed by atoms with Crippen LogP contribution in [0.2, 0.25) is 0 Å². The van der Waals surface area contributed by atoms with Crippen LogP contribution in [-0.2, 0) is 9.59 Å². The van der Waals surface area contributed by atoms with Gasteiger partial charge in [-0.25, -0.2) is 0 Å². The van der Waals surface area contributed by atoms with Crippen molar-refractivity contribution in [1.82, 2.24) is 9.80 Å². The summed E-state index contributed by atoms with van der Waals surface area (Å²) in [6, 6.07) is 9.59. The second-order valence-electron chi connectivity index (χ2n) is 5.87. The van der Waals surface area contributed by atoms with Gasteiger partial charge in [-0.2, -0.15) is 0 Å². The maximum absolute atomic E-state index is 12.6. The molecule has 112 valence electrons. The highest BCUT2D eigenvalue weighted by atomic mass is 16.2. The monoisotopic (exact) mass is 287 g/mol. The molecule has 2 saturated heterocycles. The number of amides is 2. The molecule has 2 heterocycles. The van der Waals surface area contributed by atoms with E-state index in [-0.39, 0.29) is 17.7 Å². The summed E-state index contributed by atoms with van der Waals surface area (Å²) < 4.78 is 0. The fraction of sp³-hybridized carbons (Fsp3) is 0.500. The molecule has 1 atom stereocenters. The third kappa shape index (κ3) is 2.93. The van der Waals surface area contributed by atoms with Crippen LogP contribution in [0.4, 0.5) is 5.69 Å². The summed E-state index contributed by atoms with van der Waals surface area (Å²) in [6.45, 7) is 3.87. The van der Waals surface area contributed by atoms with Crippen molar-refractivity contribution in [2.75, 3.05) is 44.7 Å². The molecule has 1 aromatic carbocycles. The Kier molecular flexibility index (Phi) is 3.92. The highest BCUT2D eigenvalue weighted by Gasteiger charge is 2.37. The number of nitrogens with zero attached hydrogens (tertiary/aromatic N) is 3. The van der Waals surface area contributed by atoms with Crippen molar-refractivity contribution < 1.29 is 9.59 Å². The Hall–Kier alpha value is -1.88. The Labute approximate surface area is 125 Å². The lowest BCUT2D eigenvalue weighted by atomic mass is 10.1. The van der Waals surface area contributed by atoms with Crippen LogP contribution in [0.3, 0.4) is 0 Å². The summed E-state index contributed by atoms with van der Waals surface area (Å²) in [5.74, 6) is -0.00956. The number of carbonyl (C=O) groups is 2. The van der Waals surface area contributed by atoms with E-state index in [0.717, 1.165) is 31.9 Å². The average Bonchev–Trinajstić information content (AvgIpc) is 2.90. The minimum atomic E-state index is -0.193. The van der Waals surface area contributed by atoms with Gasteiger partial charge < -0.3 is 14.7 Å². The van der Waals surface area contributed by atoms with Gasteiger partial charge in [-0.1, -0.05) is 18.2 Å². The van der Waals surface area contributed by atoms with Crippen molar-refractivity contribution in [3.8, 4) is 0 Å². The number of hydrogen-bond acceptors (Lipinski definition) is 3. The molecule has 2 aliphatic rings.